The molecule has 1 atom stereocenters. The topological polar surface area (TPSA) is 46.5 Å². The van der Waals surface area contributed by atoms with Crippen molar-refractivity contribution in [3.63, 3.8) is 0 Å². The predicted octanol–water partition coefficient (Wildman–Crippen LogP) is 2.04. The lowest BCUT2D eigenvalue weighted by molar-refractivity contribution is 0.462. The van der Waals surface area contributed by atoms with Crippen molar-refractivity contribution >= 4 is 24.0 Å². The first kappa shape index (κ1) is 10.7. The average molecular weight is 218 g/mol. The summed E-state index contributed by atoms with van der Waals surface area (Å²) < 4.78 is 2.36. The zero-order chi connectivity index (χ0) is 9.68. The van der Waals surface area contributed by atoms with E-state index in [1.165, 1.54) is 5.75 Å². The summed E-state index contributed by atoms with van der Waals surface area (Å²) in [6.45, 7) is 4.28. The summed E-state index contributed by atoms with van der Waals surface area (Å²) in [4.78, 5) is 0. The third kappa shape index (κ3) is 3.11. The van der Waals surface area contributed by atoms with Crippen LogP contribution in [0.3, 0.4) is 0 Å². The summed E-state index contributed by atoms with van der Waals surface area (Å²) >= 11 is 6.93. The first-order chi connectivity index (χ1) is 6.25. The highest BCUT2D eigenvalue weighted by molar-refractivity contribution is 7.99. The minimum atomic E-state index is 0.363. The van der Waals surface area contributed by atoms with Gasteiger partial charge < -0.3 is 0 Å². The second-order valence-corrected chi connectivity index (χ2v) is 4.55. The van der Waals surface area contributed by atoms with Gasteiger partial charge in [0.2, 0.25) is 4.77 Å². The maximum absolute atomic E-state index is 4.99. The Hall–Kier alpha value is -0.360. The Labute approximate surface area is 87.1 Å². The Bertz CT molecular complexity index is 293. The van der Waals surface area contributed by atoms with Crippen LogP contribution in [-0.4, -0.2) is 31.7 Å². The zero-order valence-corrected chi connectivity index (χ0v) is 9.49. The molecule has 0 aliphatic rings. The van der Waals surface area contributed by atoms with E-state index < -0.39 is 0 Å². The van der Waals surface area contributed by atoms with Crippen molar-refractivity contribution in [3.05, 3.63) is 4.77 Å². The van der Waals surface area contributed by atoms with Crippen molar-refractivity contribution in [1.29, 1.82) is 0 Å². The van der Waals surface area contributed by atoms with Crippen LogP contribution in [0.4, 0.5) is 0 Å². The molecule has 4 nitrogen and oxygen atoms in total. The molecule has 0 amide bonds. The van der Waals surface area contributed by atoms with Crippen molar-refractivity contribution in [1.82, 2.24) is 20.2 Å². The number of aromatic nitrogens is 4. The standard InChI is InChI=1S/C7H14N4S2/c1-3-13-5-4-6(2)11-7(12)8-9-10-11/h6H,3-5H2,1-2H3,(H,8,10,12). The van der Waals surface area contributed by atoms with E-state index in [4.69, 9.17) is 12.2 Å². The molecule has 0 saturated carbocycles. The number of H-pyrrole nitrogens is 1. The second-order valence-electron chi connectivity index (χ2n) is 2.79. The van der Waals surface area contributed by atoms with Gasteiger partial charge in [-0.15, -0.1) is 0 Å². The lowest BCUT2D eigenvalue weighted by Crippen LogP contribution is -2.08. The van der Waals surface area contributed by atoms with Gasteiger partial charge in [-0.2, -0.15) is 17.0 Å². The van der Waals surface area contributed by atoms with Gasteiger partial charge in [0.1, 0.15) is 0 Å². The molecule has 0 fully saturated rings. The van der Waals surface area contributed by atoms with E-state index in [-0.39, 0.29) is 0 Å². The van der Waals surface area contributed by atoms with Gasteiger partial charge in [0.25, 0.3) is 0 Å². The molecule has 0 radical (unpaired) electrons. The van der Waals surface area contributed by atoms with Crippen molar-refractivity contribution in [2.45, 2.75) is 26.3 Å². The number of hydrogen-bond acceptors (Lipinski definition) is 4. The molecule has 74 valence electrons. The highest BCUT2D eigenvalue weighted by atomic mass is 32.2. The third-order valence-electron chi connectivity index (χ3n) is 1.82. The Kier molecular flexibility index (Phi) is 4.44. The van der Waals surface area contributed by atoms with Gasteiger partial charge in [-0.25, -0.2) is 4.68 Å². The smallest absolute Gasteiger partial charge is 0.238 e. The molecule has 1 aromatic heterocycles. The van der Waals surface area contributed by atoms with Crippen molar-refractivity contribution in [2.75, 3.05) is 11.5 Å². The molecule has 1 heterocycles. The highest BCUT2D eigenvalue weighted by Crippen LogP contribution is 2.12. The lowest BCUT2D eigenvalue weighted by Gasteiger charge is -2.10. The third-order valence-corrected chi connectivity index (χ3v) is 3.03. The van der Waals surface area contributed by atoms with Crippen LogP contribution in [0.2, 0.25) is 0 Å². The van der Waals surface area contributed by atoms with Gasteiger partial charge in [0.15, 0.2) is 0 Å². The number of tetrazole rings is 1. The van der Waals surface area contributed by atoms with Crippen molar-refractivity contribution in [2.24, 2.45) is 0 Å². The van der Waals surface area contributed by atoms with Crippen LogP contribution in [0, 0.1) is 4.77 Å². The summed E-state index contributed by atoms with van der Waals surface area (Å²) in [6, 6.07) is 0.363. The summed E-state index contributed by atoms with van der Waals surface area (Å²) in [5, 5.41) is 10.2. The summed E-state index contributed by atoms with van der Waals surface area (Å²) in [7, 11) is 0. The largest absolute Gasteiger partial charge is 0.240 e. The van der Waals surface area contributed by atoms with Crippen LogP contribution >= 0.6 is 24.0 Å². The Morgan fingerprint density at radius 2 is 2.46 bits per heavy atom. The average Bonchev–Trinajstić information content (AvgIpc) is 2.52. The van der Waals surface area contributed by atoms with Gasteiger partial charge in [0, 0.05) is 0 Å². The van der Waals surface area contributed by atoms with Gasteiger partial charge >= 0.3 is 0 Å². The van der Waals surface area contributed by atoms with Crippen molar-refractivity contribution < 1.29 is 0 Å². The van der Waals surface area contributed by atoms with Crippen LogP contribution in [0.1, 0.15) is 26.3 Å². The van der Waals surface area contributed by atoms with E-state index >= 15 is 0 Å². The molecule has 6 heteroatoms. The van der Waals surface area contributed by atoms with E-state index in [1.807, 2.05) is 16.4 Å². The molecule has 0 saturated heterocycles. The van der Waals surface area contributed by atoms with Crippen LogP contribution in [0.5, 0.6) is 0 Å². The van der Waals surface area contributed by atoms with E-state index in [9.17, 15) is 0 Å². The Morgan fingerprint density at radius 3 is 3.00 bits per heavy atom. The molecule has 1 aromatic rings. The van der Waals surface area contributed by atoms with E-state index in [0.29, 0.717) is 10.8 Å². The van der Waals surface area contributed by atoms with E-state index in [1.54, 1.807) is 0 Å². The molecular formula is C7H14N4S2. The minimum absolute atomic E-state index is 0.363. The molecule has 0 spiro atoms. The number of nitrogens with zero attached hydrogens (tertiary/aromatic N) is 3. The Balaban J connectivity index is 2.44. The molecule has 1 N–H and O–H groups in total. The molecule has 0 aliphatic carbocycles. The number of thioether (sulfide) groups is 1. The van der Waals surface area contributed by atoms with Gasteiger partial charge in [-0.3, -0.25) is 0 Å². The second kappa shape index (κ2) is 5.39. The molecule has 1 rings (SSSR count). The number of nitrogens with one attached hydrogen (secondary N) is 1. The molecular weight excluding hydrogens is 204 g/mol. The lowest BCUT2D eigenvalue weighted by atomic mass is 10.3. The molecule has 13 heavy (non-hydrogen) atoms. The summed E-state index contributed by atoms with van der Waals surface area (Å²) in [6.07, 6.45) is 1.09. The first-order valence-corrected chi connectivity index (χ1v) is 5.89. The molecule has 1 unspecified atom stereocenters. The molecule has 0 aliphatic heterocycles. The van der Waals surface area contributed by atoms with Gasteiger partial charge in [-0.05, 0) is 37.1 Å². The maximum atomic E-state index is 4.99. The Morgan fingerprint density at radius 1 is 1.69 bits per heavy atom. The monoisotopic (exact) mass is 218 g/mol. The fourth-order valence-electron chi connectivity index (χ4n) is 1.02. The maximum Gasteiger partial charge on any atom is 0.238 e. The fourth-order valence-corrected chi connectivity index (χ4v) is 2.08. The fraction of sp³-hybridized carbons (Fsp3) is 0.857. The highest BCUT2D eigenvalue weighted by Gasteiger charge is 2.05. The first-order valence-electron chi connectivity index (χ1n) is 4.33. The number of rotatable bonds is 5. The normalized spacial score (nSPS) is 13.1. The number of hydrogen-bond donors (Lipinski definition) is 1. The minimum Gasteiger partial charge on any atom is -0.240 e. The molecule has 0 aromatic carbocycles. The van der Waals surface area contributed by atoms with E-state index in [2.05, 4.69) is 29.4 Å². The van der Waals surface area contributed by atoms with Crippen LogP contribution in [-0.2, 0) is 0 Å². The van der Waals surface area contributed by atoms with Crippen LogP contribution < -0.4 is 0 Å². The van der Waals surface area contributed by atoms with Gasteiger partial charge in [0.05, 0.1) is 6.04 Å². The number of aromatic amines is 1. The quantitative estimate of drug-likeness (QED) is 0.607. The van der Waals surface area contributed by atoms with Crippen molar-refractivity contribution in [3.8, 4) is 0 Å². The van der Waals surface area contributed by atoms with Crippen LogP contribution in [0.15, 0.2) is 0 Å². The predicted molar refractivity (Wildman–Crippen MR) is 57.5 cm³/mol. The molecule has 0 bridgehead atoms. The van der Waals surface area contributed by atoms with E-state index in [0.717, 1.165) is 12.2 Å². The SMILES string of the molecule is CCSCCC(C)n1[nH]nnc1=S. The van der Waals surface area contributed by atoms with Gasteiger partial charge in [-0.1, -0.05) is 17.2 Å². The zero-order valence-electron chi connectivity index (χ0n) is 7.86. The summed E-state index contributed by atoms with van der Waals surface area (Å²) in [5.41, 5.74) is 0. The summed E-state index contributed by atoms with van der Waals surface area (Å²) in [5.74, 6) is 2.32. The van der Waals surface area contributed by atoms with Crippen LogP contribution in [0.25, 0.3) is 0 Å².